The lowest BCUT2D eigenvalue weighted by Crippen LogP contribution is -2.27. The first-order valence-electron chi connectivity index (χ1n) is 7.97. The number of nitrogens with one attached hydrogen (secondary N) is 2. The molecule has 8 heteroatoms. The van der Waals surface area contributed by atoms with E-state index < -0.39 is 15.9 Å². The van der Waals surface area contributed by atoms with Gasteiger partial charge in [-0.3, -0.25) is 4.79 Å². The predicted molar refractivity (Wildman–Crippen MR) is 108 cm³/mol. The van der Waals surface area contributed by atoms with Crippen molar-refractivity contribution >= 4 is 49.1 Å². The fourth-order valence-electron chi connectivity index (χ4n) is 2.07. The van der Waals surface area contributed by atoms with E-state index in [1.165, 1.54) is 12.1 Å². The van der Waals surface area contributed by atoms with E-state index in [0.29, 0.717) is 21.7 Å². The fraction of sp³-hybridized carbons (Fsp3) is 0.278. The van der Waals surface area contributed by atoms with Crippen LogP contribution in [-0.4, -0.2) is 20.9 Å². The number of amides is 1. The highest BCUT2D eigenvalue weighted by molar-refractivity contribution is 9.10. The molecule has 0 aliphatic heterocycles. The summed E-state index contributed by atoms with van der Waals surface area (Å²) in [6.07, 6.45) is 0. The average molecular weight is 460 g/mol. The minimum atomic E-state index is -3.69. The monoisotopic (exact) mass is 458 g/mol. The van der Waals surface area contributed by atoms with Crippen molar-refractivity contribution in [2.45, 2.75) is 25.7 Å². The second kappa shape index (κ2) is 8.52. The molecule has 1 amide bonds. The van der Waals surface area contributed by atoms with Crippen molar-refractivity contribution < 1.29 is 13.2 Å². The molecule has 2 aromatic carbocycles. The van der Waals surface area contributed by atoms with Crippen molar-refractivity contribution in [1.82, 2.24) is 4.72 Å². The molecule has 2 rings (SSSR count). The molecule has 0 saturated carbocycles. The van der Waals surface area contributed by atoms with Crippen molar-refractivity contribution in [1.29, 1.82) is 0 Å². The van der Waals surface area contributed by atoms with Gasteiger partial charge in [-0.05, 0) is 64.7 Å². The molecular weight excluding hydrogens is 440 g/mol. The summed E-state index contributed by atoms with van der Waals surface area (Å²) in [5.74, 6) is -0.257. The summed E-state index contributed by atoms with van der Waals surface area (Å²) in [5, 5.41) is 3.27. The number of hydrogen-bond acceptors (Lipinski definition) is 3. The van der Waals surface area contributed by atoms with Crippen molar-refractivity contribution in [2.75, 3.05) is 11.9 Å². The van der Waals surface area contributed by atoms with E-state index in [9.17, 15) is 13.2 Å². The Hall–Kier alpha value is -1.41. The quantitative estimate of drug-likeness (QED) is 0.663. The van der Waals surface area contributed by atoms with E-state index in [1.54, 1.807) is 24.3 Å². The number of hydrogen-bond donors (Lipinski definition) is 2. The van der Waals surface area contributed by atoms with Gasteiger partial charge < -0.3 is 5.32 Å². The molecule has 2 N–H and O–H groups in total. The number of sulfonamides is 1. The lowest BCUT2D eigenvalue weighted by Gasteiger charge is -2.12. The number of halogens is 2. The minimum absolute atomic E-state index is 0.0356. The largest absolute Gasteiger partial charge is 0.322 e. The predicted octanol–water partition coefficient (Wildman–Crippen LogP) is 4.60. The zero-order valence-electron chi connectivity index (χ0n) is 14.6. The molecule has 0 aliphatic rings. The Bertz CT molecular complexity index is 930. The summed E-state index contributed by atoms with van der Waals surface area (Å²) in [4.78, 5) is 12.6. The second-order valence-electron chi connectivity index (χ2n) is 6.31. The topological polar surface area (TPSA) is 75.3 Å². The van der Waals surface area contributed by atoms with Crippen LogP contribution in [0, 0.1) is 12.8 Å². The third-order valence-corrected chi connectivity index (χ3v) is 6.12. The van der Waals surface area contributed by atoms with E-state index in [0.717, 1.165) is 5.56 Å². The second-order valence-corrected chi connectivity index (χ2v) is 9.33. The number of rotatable bonds is 6. The summed E-state index contributed by atoms with van der Waals surface area (Å²) in [5.41, 5.74) is 1.65. The lowest BCUT2D eigenvalue weighted by atomic mass is 10.2. The van der Waals surface area contributed by atoms with Crippen LogP contribution in [0.4, 0.5) is 5.69 Å². The summed E-state index contributed by atoms with van der Waals surface area (Å²) >= 11 is 9.37. The Balaban J connectivity index is 2.28. The molecule has 0 saturated heterocycles. The molecule has 2 aromatic rings. The molecule has 5 nitrogen and oxygen atoms in total. The molecule has 26 heavy (non-hydrogen) atoms. The standard InChI is InChI=1S/C18H20BrClN2O3S/c1-11(2)10-21-26(24,25)14-6-7-16(19)15(9-14)18(23)22-13-5-4-12(3)17(20)8-13/h4-9,11,21H,10H2,1-3H3,(H,22,23). The van der Waals surface area contributed by atoms with Crippen LogP contribution in [-0.2, 0) is 10.0 Å². The smallest absolute Gasteiger partial charge is 0.256 e. The minimum Gasteiger partial charge on any atom is -0.322 e. The molecule has 0 atom stereocenters. The Labute approximate surface area is 167 Å². The van der Waals surface area contributed by atoms with Gasteiger partial charge in [-0.15, -0.1) is 0 Å². The molecule has 0 aromatic heterocycles. The van der Waals surface area contributed by atoms with Crippen LogP contribution in [0.25, 0.3) is 0 Å². The van der Waals surface area contributed by atoms with Crippen LogP contribution in [0.1, 0.15) is 29.8 Å². The molecular formula is C18H20BrClN2O3S. The molecule has 140 valence electrons. The maximum atomic E-state index is 12.6. The van der Waals surface area contributed by atoms with Gasteiger partial charge in [-0.25, -0.2) is 13.1 Å². The van der Waals surface area contributed by atoms with Gasteiger partial charge in [0.1, 0.15) is 0 Å². The molecule has 0 spiro atoms. The molecule has 0 aliphatic carbocycles. The van der Waals surface area contributed by atoms with Gasteiger partial charge >= 0.3 is 0 Å². The van der Waals surface area contributed by atoms with Gasteiger partial charge in [0, 0.05) is 21.7 Å². The van der Waals surface area contributed by atoms with Crippen LogP contribution in [0.3, 0.4) is 0 Å². The van der Waals surface area contributed by atoms with Crippen molar-refractivity contribution in [3.8, 4) is 0 Å². The highest BCUT2D eigenvalue weighted by atomic mass is 79.9. The zero-order chi connectivity index (χ0) is 19.5. The summed E-state index contributed by atoms with van der Waals surface area (Å²) < 4.78 is 27.8. The third-order valence-electron chi connectivity index (χ3n) is 3.60. The number of aryl methyl sites for hydroxylation is 1. The van der Waals surface area contributed by atoms with Gasteiger partial charge in [0.2, 0.25) is 10.0 Å². The van der Waals surface area contributed by atoms with Crippen molar-refractivity contribution in [3.63, 3.8) is 0 Å². The van der Waals surface area contributed by atoms with Crippen LogP contribution in [0.2, 0.25) is 5.02 Å². The Kier molecular flexibility index (Phi) is 6.85. The third kappa shape index (κ3) is 5.30. The molecule has 0 radical (unpaired) electrons. The SMILES string of the molecule is Cc1ccc(NC(=O)c2cc(S(=O)(=O)NCC(C)C)ccc2Br)cc1Cl. The molecule has 0 unspecified atom stereocenters. The van der Waals surface area contributed by atoms with E-state index >= 15 is 0 Å². The van der Waals surface area contributed by atoms with Gasteiger partial charge in [0.15, 0.2) is 0 Å². The lowest BCUT2D eigenvalue weighted by molar-refractivity contribution is 0.102. The highest BCUT2D eigenvalue weighted by Crippen LogP contribution is 2.24. The first kappa shape index (κ1) is 20.9. The number of benzene rings is 2. The maximum Gasteiger partial charge on any atom is 0.256 e. The van der Waals surface area contributed by atoms with E-state index in [1.807, 2.05) is 20.8 Å². The van der Waals surface area contributed by atoms with E-state index in [-0.39, 0.29) is 16.4 Å². The molecule has 0 bridgehead atoms. The number of anilines is 1. The van der Waals surface area contributed by atoms with Crippen LogP contribution < -0.4 is 10.0 Å². The maximum absolute atomic E-state index is 12.6. The van der Waals surface area contributed by atoms with Gasteiger partial charge in [-0.1, -0.05) is 31.5 Å². The first-order valence-corrected chi connectivity index (χ1v) is 10.6. The molecule has 0 heterocycles. The Morgan fingerprint density at radius 2 is 1.88 bits per heavy atom. The van der Waals surface area contributed by atoms with Gasteiger partial charge in [0.25, 0.3) is 5.91 Å². The van der Waals surface area contributed by atoms with Crippen LogP contribution in [0.5, 0.6) is 0 Å². The highest BCUT2D eigenvalue weighted by Gasteiger charge is 2.19. The van der Waals surface area contributed by atoms with Crippen molar-refractivity contribution in [3.05, 3.63) is 57.0 Å². The van der Waals surface area contributed by atoms with Gasteiger partial charge in [0.05, 0.1) is 10.5 Å². The van der Waals surface area contributed by atoms with Crippen LogP contribution in [0.15, 0.2) is 45.8 Å². The summed E-state index contributed by atoms with van der Waals surface area (Å²) in [7, 11) is -3.69. The van der Waals surface area contributed by atoms with Crippen molar-refractivity contribution in [2.24, 2.45) is 5.92 Å². The van der Waals surface area contributed by atoms with E-state index in [2.05, 4.69) is 26.0 Å². The fourth-order valence-corrected chi connectivity index (χ4v) is 3.92. The number of carbonyl (C=O) groups excluding carboxylic acids is 1. The zero-order valence-corrected chi connectivity index (χ0v) is 17.8. The summed E-state index contributed by atoms with van der Waals surface area (Å²) in [6.45, 7) is 6.01. The van der Waals surface area contributed by atoms with Crippen LogP contribution >= 0.6 is 27.5 Å². The number of carbonyl (C=O) groups is 1. The first-order chi connectivity index (χ1) is 12.1. The normalized spacial score (nSPS) is 11.6. The summed E-state index contributed by atoms with van der Waals surface area (Å²) in [6, 6.07) is 9.51. The van der Waals surface area contributed by atoms with E-state index in [4.69, 9.17) is 11.6 Å². The molecule has 0 fully saturated rings. The Morgan fingerprint density at radius 3 is 2.50 bits per heavy atom. The Morgan fingerprint density at radius 1 is 1.19 bits per heavy atom. The average Bonchev–Trinajstić information content (AvgIpc) is 2.56. The van der Waals surface area contributed by atoms with Gasteiger partial charge in [-0.2, -0.15) is 0 Å².